The Morgan fingerprint density at radius 1 is 1.19 bits per heavy atom. The van der Waals surface area contributed by atoms with Crippen molar-refractivity contribution >= 4 is 18.0 Å². The van der Waals surface area contributed by atoms with Crippen molar-refractivity contribution in [1.29, 1.82) is 0 Å². The molecule has 21 heavy (non-hydrogen) atoms. The van der Waals surface area contributed by atoms with Gasteiger partial charge >= 0.3 is 5.97 Å². The number of hydrogen-bond acceptors (Lipinski definition) is 2. The lowest BCUT2D eigenvalue weighted by molar-refractivity contribution is -0.148. The maximum absolute atomic E-state index is 13.4. The second kappa shape index (κ2) is 6.52. The molecular formula is C16H18FNO3. The first-order valence-electron chi connectivity index (χ1n) is 7.02. The second-order valence-electron chi connectivity index (χ2n) is 5.29. The second-order valence-corrected chi connectivity index (χ2v) is 5.29. The van der Waals surface area contributed by atoms with Gasteiger partial charge in [-0.15, -0.1) is 0 Å². The topological polar surface area (TPSA) is 66.4 Å². The van der Waals surface area contributed by atoms with Gasteiger partial charge in [-0.3, -0.25) is 4.79 Å². The van der Waals surface area contributed by atoms with Crippen LogP contribution >= 0.6 is 0 Å². The minimum Gasteiger partial charge on any atom is -0.480 e. The summed E-state index contributed by atoms with van der Waals surface area (Å²) in [4.78, 5) is 23.4. The Bertz CT molecular complexity index is 562. The van der Waals surface area contributed by atoms with Crippen molar-refractivity contribution in [3.8, 4) is 0 Å². The predicted octanol–water partition coefficient (Wildman–Crippen LogP) is 2.74. The third-order valence-corrected chi connectivity index (χ3v) is 3.80. The normalized spacial score (nSPS) is 17.6. The number of carboxylic acid groups (broad SMARTS) is 1. The van der Waals surface area contributed by atoms with Crippen LogP contribution in [0.2, 0.25) is 0 Å². The van der Waals surface area contributed by atoms with Crippen molar-refractivity contribution in [3.05, 3.63) is 41.7 Å². The van der Waals surface area contributed by atoms with Crippen LogP contribution in [0.4, 0.5) is 4.39 Å². The van der Waals surface area contributed by atoms with Gasteiger partial charge in [-0.25, -0.2) is 9.18 Å². The van der Waals surface area contributed by atoms with E-state index in [0.29, 0.717) is 18.4 Å². The summed E-state index contributed by atoms with van der Waals surface area (Å²) >= 11 is 0. The highest BCUT2D eigenvalue weighted by molar-refractivity contribution is 5.95. The molecule has 0 unspecified atom stereocenters. The molecule has 1 amide bonds. The van der Waals surface area contributed by atoms with Gasteiger partial charge in [-0.05, 0) is 25.0 Å². The van der Waals surface area contributed by atoms with Crippen LogP contribution in [0.5, 0.6) is 0 Å². The van der Waals surface area contributed by atoms with Crippen LogP contribution in [0, 0.1) is 5.82 Å². The Kier molecular flexibility index (Phi) is 4.73. The summed E-state index contributed by atoms with van der Waals surface area (Å²) in [5.41, 5.74) is -0.893. The summed E-state index contributed by atoms with van der Waals surface area (Å²) < 4.78 is 13.4. The molecule has 1 aromatic rings. The zero-order chi connectivity index (χ0) is 15.3. The Labute approximate surface area is 122 Å². The van der Waals surface area contributed by atoms with Gasteiger partial charge in [0.15, 0.2) is 0 Å². The molecule has 2 N–H and O–H groups in total. The van der Waals surface area contributed by atoms with Crippen molar-refractivity contribution in [1.82, 2.24) is 5.32 Å². The molecule has 112 valence electrons. The molecule has 0 spiro atoms. The third-order valence-electron chi connectivity index (χ3n) is 3.80. The largest absolute Gasteiger partial charge is 0.480 e. The highest BCUT2D eigenvalue weighted by atomic mass is 19.1. The molecule has 0 bridgehead atoms. The number of nitrogens with one attached hydrogen (secondary N) is 1. The molecule has 1 aromatic carbocycles. The quantitative estimate of drug-likeness (QED) is 0.838. The van der Waals surface area contributed by atoms with Crippen LogP contribution in [0.15, 0.2) is 30.3 Å². The molecule has 0 aromatic heterocycles. The maximum Gasteiger partial charge on any atom is 0.329 e. The van der Waals surface area contributed by atoms with Gasteiger partial charge in [0.1, 0.15) is 11.4 Å². The molecule has 0 radical (unpaired) electrons. The van der Waals surface area contributed by atoms with Gasteiger partial charge in [-0.2, -0.15) is 0 Å². The maximum atomic E-state index is 13.4. The van der Waals surface area contributed by atoms with Crippen molar-refractivity contribution in [3.63, 3.8) is 0 Å². The number of rotatable bonds is 4. The van der Waals surface area contributed by atoms with Gasteiger partial charge in [-0.1, -0.05) is 37.5 Å². The summed E-state index contributed by atoms with van der Waals surface area (Å²) in [6.07, 6.45) is 5.94. The number of carbonyl (C=O) groups excluding carboxylic acids is 1. The first-order valence-corrected chi connectivity index (χ1v) is 7.02. The third kappa shape index (κ3) is 3.68. The van der Waals surface area contributed by atoms with E-state index in [-0.39, 0.29) is 0 Å². The number of carboxylic acids is 1. The number of halogens is 1. The molecular weight excluding hydrogens is 273 g/mol. The molecule has 1 aliphatic rings. The van der Waals surface area contributed by atoms with Crippen LogP contribution in [0.25, 0.3) is 6.08 Å². The molecule has 0 atom stereocenters. The molecule has 1 aliphatic carbocycles. The fourth-order valence-electron chi connectivity index (χ4n) is 2.60. The van der Waals surface area contributed by atoms with E-state index in [1.54, 1.807) is 18.2 Å². The zero-order valence-corrected chi connectivity index (χ0v) is 11.6. The predicted molar refractivity (Wildman–Crippen MR) is 77.0 cm³/mol. The standard InChI is InChI=1S/C16H18FNO3/c17-13-7-3-2-6-12(13)8-9-14(19)18-16(15(20)21)10-4-1-5-11-16/h2-3,6-9H,1,4-5,10-11H2,(H,18,19)(H,20,21)/b9-8+. The first kappa shape index (κ1) is 15.2. The summed E-state index contributed by atoms with van der Waals surface area (Å²) in [5, 5.41) is 11.9. The fourth-order valence-corrected chi connectivity index (χ4v) is 2.60. The summed E-state index contributed by atoms with van der Waals surface area (Å²) in [7, 11) is 0. The highest BCUT2D eigenvalue weighted by Crippen LogP contribution is 2.28. The van der Waals surface area contributed by atoms with E-state index in [2.05, 4.69) is 5.32 Å². The Balaban J connectivity index is 2.06. The van der Waals surface area contributed by atoms with E-state index in [1.165, 1.54) is 18.2 Å². The fraction of sp³-hybridized carbons (Fsp3) is 0.375. The van der Waals surface area contributed by atoms with E-state index < -0.39 is 23.2 Å². The Morgan fingerprint density at radius 2 is 1.86 bits per heavy atom. The molecule has 0 aliphatic heterocycles. The monoisotopic (exact) mass is 291 g/mol. The number of benzene rings is 1. The number of aliphatic carboxylic acids is 1. The van der Waals surface area contributed by atoms with Crippen LogP contribution in [-0.4, -0.2) is 22.5 Å². The van der Waals surface area contributed by atoms with Gasteiger partial charge in [0.25, 0.3) is 0 Å². The van der Waals surface area contributed by atoms with Gasteiger partial charge < -0.3 is 10.4 Å². The van der Waals surface area contributed by atoms with E-state index in [9.17, 15) is 19.1 Å². The smallest absolute Gasteiger partial charge is 0.329 e. The summed E-state index contributed by atoms with van der Waals surface area (Å²) in [6.45, 7) is 0. The van der Waals surface area contributed by atoms with Gasteiger partial charge in [0.2, 0.25) is 5.91 Å². The van der Waals surface area contributed by atoms with Crippen molar-refractivity contribution in [2.45, 2.75) is 37.6 Å². The van der Waals surface area contributed by atoms with E-state index in [4.69, 9.17) is 0 Å². The molecule has 2 rings (SSSR count). The first-order chi connectivity index (χ1) is 10.0. The Hall–Kier alpha value is -2.17. The van der Waals surface area contributed by atoms with E-state index in [1.807, 2.05) is 0 Å². The van der Waals surface area contributed by atoms with Gasteiger partial charge in [0.05, 0.1) is 0 Å². The number of hydrogen-bond donors (Lipinski definition) is 2. The summed E-state index contributed by atoms with van der Waals surface area (Å²) in [6, 6.07) is 6.08. The van der Waals surface area contributed by atoms with Gasteiger partial charge in [0, 0.05) is 11.6 Å². The average molecular weight is 291 g/mol. The van der Waals surface area contributed by atoms with Crippen molar-refractivity contribution < 1.29 is 19.1 Å². The molecule has 1 saturated carbocycles. The molecule has 5 heteroatoms. The van der Waals surface area contributed by atoms with E-state index >= 15 is 0 Å². The lowest BCUT2D eigenvalue weighted by Gasteiger charge is -2.33. The van der Waals surface area contributed by atoms with Crippen LogP contribution in [-0.2, 0) is 9.59 Å². The number of amides is 1. The SMILES string of the molecule is O=C(/C=C/c1ccccc1F)NC1(C(=O)O)CCCCC1. The molecule has 4 nitrogen and oxygen atoms in total. The summed E-state index contributed by atoms with van der Waals surface area (Å²) in [5.74, 6) is -1.94. The minimum absolute atomic E-state index is 0.292. The lowest BCUT2D eigenvalue weighted by atomic mass is 9.81. The highest BCUT2D eigenvalue weighted by Gasteiger charge is 2.40. The Morgan fingerprint density at radius 3 is 2.48 bits per heavy atom. The molecule has 1 fully saturated rings. The number of carbonyl (C=O) groups is 2. The minimum atomic E-state index is -1.19. The van der Waals surface area contributed by atoms with Crippen LogP contribution in [0.1, 0.15) is 37.7 Å². The van der Waals surface area contributed by atoms with Crippen molar-refractivity contribution in [2.24, 2.45) is 0 Å². The lowest BCUT2D eigenvalue weighted by Crippen LogP contribution is -2.55. The molecule has 0 heterocycles. The van der Waals surface area contributed by atoms with Crippen LogP contribution < -0.4 is 5.32 Å². The van der Waals surface area contributed by atoms with E-state index in [0.717, 1.165) is 19.3 Å². The molecule has 0 saturated heterocycles. The van der Waals surface area contributed by atoms with Crippen molar-refractivity contribution in [2.75, 3.05) is 0 Å². The zero-order valence-electron chi connectivity index (χ0n) is 11.6. The average Bonchev–Trinajstić information content (AvgIpc) is 2.47. The van der Waals surface area contributed by atoms with Crippen LogP contribution in [0.3, 0.4) is 0 Å².